The first-order valence-corrected chi connectivity index (χ1v) is 6.80. The molecule has 0 bridgehead atoms. The van der Waals surface area contributed by atoms with Gasteiger partial charge in [-0.2, -0.15) is 0 Å². The van der Waals surface area contributed by atoms with Gasteiger partial charge >= 0.3 is 0 Å². The van der Waals surface area contributed by atoms with E-state index in [9.17, 15) is 20.1 Å². The molecule has 0 aliphatic carbocycles. The highest BCUT2D eigenvalue weighted by Gasteiger charge is 2.41. The highest BCUT2D eigenvalue weighted by Crippen LogP contribution is 2.41. The molecule has 1 aromatic carbocycles. The summed E-state index contributed by atoms with van der Waals surface area (Å²) in [6.07, 6.45) is -0.993. The zero-order valence-corrected chi connectivity index (χ0v) is 11.9. The van der Waals surface area contributed by atoms with Gasteiger partial charge < -0.3 is 29.6 Å². The predicted molar refractivity (Wildman–Crippen MR) is 75.9 cm³/mol. The van der Waals surface area contributed by atoms with E-state index in [2.05, 4.69) is 0 Å². The van der Waals surface area contributed by atoms with Gasteiger partial charge in [-0.25, -0.2) is 0 Å². The second-order valence-electron chi connectivity index (χ2n) is 5.60. The Kier molecular flexibility index (Phi) is 3.36. The summed E-state index contributed by atoms with van der Waals surface area (Å²) < 4.78 is 11.0. The van der Waals surface area contributed by atoms with Gasteiger partial charge in [0.2, 0.25) is 0 Å². The standard InChI is InChI=1S/C15H16O7/c1-15(6-17)12(19)3-8-10(22-15)4-11-13(14(8)20)9(18)2-7(5-16)21-11/h2,4,12,16-17,19-20H,3,5-6H2,1H3/t12-,15-/m1/s1. The van der Waals surface area contributed by atoms with Gasteiger partial charge in [-0.05, 0) is 6.92 Å². The lowest BCUT2D eigenvalue weighted by Gasteiger charge is -2.38. The highest BCUT2D eigenvalue weighted by atomic mass is 16.5. The molecule has 1 aromatic heterocycles. The van der Waals surface area contributed by atoms with Gasteiger partial charge in [-0.15, -0.1) is 0 Å². The molecule has 1 aliphatic rings. The van der Waals surface area contributed by atoms with Gasteiger partial charge in [-0.1, -0.05) is 0 Å². The average Bonchev–Trinajstić information content (AvgIpc) is 2.49. The topological polar surface area (TPSA) is 120 Å². The van der Waals surface area contributed by atoms with E-state index < -0.39 is 30.3 Å². The van der Waals surface area contributed by atoms with Crippen LogP contribution in [0.4, 0.5) is 0 Å². The van der Waals surface area contributed by atoms with Crippen LogP contribution >= 0.6 is 0 Å². The fourth-order valence-electron chi connectivity index (χ4n) is 2.60. The van der Waals surface area contributed by atoms with E-state index in [0.29, 0.717) is 0 Å². The first-order chi connectivity index (χ1) is 10.4. The number of hydrogen-bond donors (Lipinski definition) is 4. The Hall–Kier alpha value is -2.09. The first-order valence-electron chi connectivity index (χ1n) is 6.80. The van der Waals surface area contributed by atoms with Crippen molar-refractivity contribution in [1.82, 2.24) is 0 Å². The van der Waals surface area contributed by atoms with Gasteiger partial charge in [0, 0.05) is 24.1 Å². The Morgan fingerprint density at radius 1 is 1.36 bits per heavy atom. The minimum absolute atomic E-state index is 0.0284. The second-order valence-corrected chi connectivity index (χ2v) is 5.60. The molecule has 2 heterocycles. The molecule has 0 fully saturated rings. The van der Waals surface area contributed by atoms with Crippen LogP contribution in [0, 0.1) is 0 Å². The summed E-state index contributed by atoms with van der Waals surface area (Å²) in [6.45, 7) is 0.687. The molecule has 0 spiro atoms. The van der Waals surface area contributed by atoms with Gasteiger partial charge in [0.15, 0.2) is 11.0 Å². The SMILES string of the molecule is C[C@]1(CO)Oc2cc3oc(CO)cc(=O)c3c(O)c2C[C@H]1O. The molecule has 3 rings (SSSR count). The number of hydrogen-bond acceptors (Lipinski definition) is 7. The van der Waals surface area contributed by atoms with Crippen LogP contribution in [0.5, 0.6) is 11.5 Å². The normalized spacial score (nSPS) is 24.1. The quantitative estimate of drug-likeness (QED) is 0.618. The molecule has 0 unspecified atom stereocenters. The average molecular weight is 308 g/mol. The minimum atomic E-state index is -1.21. The molecule has 1 aliphatic heterocycles. The molecular formula is C15H16O7. The first kappa shape index (κ1) is 14.8. The number of aromatic hydroxyl groups is 1. The molecule has 2 aromatic rings. The lowest BCUT2D eigenvalue weighted by molar-refractivity contribution is -0.0842. The third kappa shape index (κ3) is 2.06. The summed E-state index contributed by atoms with van der Waals surface area (Å²) in [5, 5.41) is 38.9. The predicted octanol–water partition coefficient (Wildman–Crippen LogP) is 0.0377. The Labute approximate surface area is 125 Å². The summed E-state index contributed by atoms with van der Waals surface area (Å²) in [6, 6.07) is 2.52. The molecule has 118 valence electrons. The van der Waals surface area contributed by atoms with Crippen molar-refractivity contribution in [2.45, 2.75) is 31.7 Å². The third-order valence-corrected chi connectivity index (χ3v) is 4.02. The second kappa shape index (κ2) is 4.98. The van der Waals surface area contributed by atoms with Crippen LogP contribution in [0.2, 0.25) is 0 Å². The fraction of sp³-hybridized carbons (Fsp3) is 0.400. The van der Waals surface area contributed by atoms with E-state index in [1.54, 1.807) is 6.92 Å². The summed E-state index contributed by atoms with van der Waals surface area (Å²) in [7, 11) is 0. The maximum Gasteiger partial charge on any atom is 0.196 e. The van der Waals surface area contributed by atoms with Crippen LogP contribution in [0.25, 0.3) is 11.0 Å². The van der Waals surface area contributed by atoms with Crippen molar-refractivity contribution in [3.63, 3.8) is 0 Å². The Bertz CT molecular complexity index is 795. The van der Waals surface area contributed by atoms with E-state index in [1.807, 2.05) is 0 Å². The molecule has 0 saturated heterocycles. The number of fused-ring (bicyclic) bond motifs is 2. The summed E-state index contributed by atoms with van der Waals surface area (Å²) in [4.78, 5) is 12.1. The molecule has 0 saturated carbocycles. The van der Waals surface area contributed by atoms with Gasteiger partial charge in [-0.3, -0.25) is 4.79 Å². The number of rotatable bonds is 2. The number of phenols is 1. The van der Waals surface area contributed by atoms with Gasteiger partial charge in [0.05, 0.1) is 12.7 Å². The number of aliphatic hydroxyl groups excluding tert-OH is 3. The van der Waals surface area contributed by atoms with Gasteiger partial charge in [0.25, 0.3) is 0 Å². The van der Waals surface area contributed by atoms with Crippen molar-refractivity contribution >= 4 is 11.0 Å². The smallest absolute Gasteiger partial charge is 0.196 e. The molecule has 4 N–H and O–H groups in total. The molecule has 0 amide bonds. The third-order valence-electron chi connectivity index (χ3n) is 4.02. The lowest BCUT2D eigenvalue weighted by atomic mass is 9.89. The van der Waals surface area contributed by atoms with Crippen LogP contribution in [0.1, 0.15) is 18.2 Å². The van der Waals surface area contributed by atoms with Crippen molar-refractivity contribution in [3.05, 3.63) is 33.7 Å². The van der Waals surface area contributed by atoms with E-state index in [0.717, 1.165) is 6.07 Å². The van der Waals surface area contributed by atoms with Crippen molar-refractivity contribution in [3.8, 4) is 11.5 Å². The maximum atomic E-state index is 12.1. The number of aliphatic hydroxyl groups is 3. The molecule has 7 heteroatoms. The molecule has 2 atom stereocenters. The molecule has 0 radical (unpaired) electrons. The minimum Gasteiger partial charge on any atom is -0.507 e. The Balaban J connectivity index is 2.27. The number of phenolic OH excluding ortho intramolecular Hbond substituents is 1. The zero-order chi connectivity index (χ0) is 16.1. The summed E-state index contributed by atoms with van der Waals surface area (Å²) in [5.74, 6) is -0.0208. The number of ether oxygens (including phenoxy) is 1. The lowest BCUT2D eigenvalue weighted by Crippen LogP contribution is -2.51. The van der Waals surface area contributed by atoms with E-state index in [-0.39, 0.29) is 40.2 Å². The molecule has 22 heavy (non-hydrogen) atoms. The van der Waals surface area contributed by atoms with Gasteiger partial charge in [0.1, 0.15) is 34.8 Å². The Morgan fingerprint density at radius 3 is 2.73 bits per heavy atom. The van der Waals surface area contributed by atoms with E-state index >= 15 is 0 Å². The van der Waals surface area contributed by atoms with Crippen molar-refractivity contribution < 1.29 is 29.6 Å². The summed E-state index contributed by atoms with van der Waals surface area (Å²) in [5.41, 5.74) is -1.34. The molecule has 7 nitrogen and oxygen atoms in total. The van der Waals surface area contributed by atoms with Crippen LogP contribution in [0.15, 0.2) is 21.3 Å². The monoisotopic (exact) mass is 308 g/mol. The largest absolute Gasteiger partial charge is 0.507 e. The highest BCUT2D eigenvalue weighted by molar-refractivity contribution is 5.87. The van der Waals surface area contributed by atoms with Crippen LogP contribution in [0.3, 0.4) is 0 Å². The maximum absolute atomic E-state index is 12.1. The molecular weight excluding hydrogens is 292 g/mol. The number of benzene rings is 1. The van der Waals surface area contributed by atoms with Crippen LogP contribution < -0.4 is 10.2 Å². The van der Waals surface area contributed by atoms with E-state index in [1.165, 1.54) is 6.07 Å². The Morgan fingerprint density at radius 2 is 2.09 bits per heavy atom. The van der Waals surface area contributed by atoms with Crippen molar-refractivity contribution in [2.24, 2.45) is 0 Å². The zero-order valence-electron chi connectivity index (χ0n) is 11.9. The fourth-order valence-corrected chi connectivity index (χ4v) is 2.60. The van der Waals surface area contributed by atoms with Crippen molar-refractivity contribution in [2.75, 3.05) is 6.61 Å². The van der Waals surface area contributed by atoms with Crippen LogP contribution in [-0.4, -0.2) is 38.7 Å². The summed E-state index contributed by atoms with van der Waals surface area (Å²) >= 11 is 0. The van der Waals surface area contributed by atoms with E-state index in [4.69, 9.17) is 14.3 Å². The van der Waals surface area contributed by atoms with Crippen LogP contribution in [-0.2, 0) is 13.0 Å². The van der Waals surface area contributed by atoms with Crippen molar-refractivity contribution in [1.29, 1.82) is 0 Å².